The molecule has 92 valence electrons. The van der Waals surface area contributed by atoms with Crippen molar-refractivity contribution >= 4 is 0 Å². The van der Waals surface area contributed by atoms with Crippen LogP contribution in [0.4, 0.5) is 0 Å². The molecule has 0 radical (unpaired) electrons. The Morgan fingerprint density at radius 3 is 2.88 bits per heavy atom. The van der Waals surface area contributed by atoms with Gasteiger partial charge in [0.25, 0.3) is 5.89 Å². The summed E-state index contributed by atoms with van der Waals surface area (Å²) in [5.74, 6) is 0.887. The quantitative estimate of drug-likeness (QED) is 0.707. The van der Waals surface area contributed by atoms with E-state index in [0.29, 0.717) is 24.9 Å². The molecule has 2 N–H and O–H groups in total. The van der Waals surface area contributed by atoms with Gasteiger partial charge in [0.1, 0.15) is 6.10 Å². The molecule has 1 aromatic rings. The first-order valence-electron chi connectivity index (χ1n) is 5.38. The Kier molecular flexibility index (Phi) is 5.37. The van der Waals surface area contributed by atoms with Gasteiger partial charge in [-0.1, -0.05) is 12.1 Å². The van der Waals surface area contributed by atoms with E-state index < -0.39 is 0 Å². The minimum Gasteiger partial charge on any atom is -0.379 e. The smallest absolute Gasteiger partial charge is 0.255 e. The Balaban J connectivity index is 2.49. The van der Waals surface area contributed by atoms with Crippen molar-refractivity contribution in [2.75, 3.05) is 20.3 Å². The van der Waals surface area contributed by atoms with Crippen molar-refractivity contribution in [3.63, 3.8) is 0 Å². The van der Waals surface area contributed by atoms with Crippen LogP contribution in [0, 0.1) is 0 Å². The summed E-state index contributed by atoms with van der Waals surface area (Å²) in [5.41, 5.74) is 5.84. The average Bonchev–Trinajstić information content (AvgIpc) is 2.77. The molecular weight excluding hydrogens is 210 g/mol. The summed E-state index contributed by atoms with van der Waals surface area (Å²) in [5, 5.41) is 3.79. The summed E-state index contributed by atoms with van der Waals surface area (Å²) >= 11 is 0. The van der Waals surface area contributed by atoms with E-state index in [2.05, 4.69) is 10.1 Å². The Morgan fingerprint density at radius 2 is 2.25 bits per heavy atom. The van der Waals surface area contributed by atoms with Crippen LogP contribution in [-0.2, 0) is 9.47 Å². The van der Waals surface area contributed by atoms with Gasteiger partial charge in [-0.2, -0.15) is 4.98 Å². The van der Waals surface area contributed by atoms with E-state index in [1.165, 1.54) is 0 Å². The number of hydrogen-bond donors (Lipinski definition) is 1. The van der Waals surface area contributed by atoms with Crippen LogP contribution in [0.2, 0.25) is 0 Å². The largest absolute Gasteiger partial charge is 0.379 e. The fraction of sp³-hybridized carbons (Fsp3) is 0.800. The number of hydrogen-bond acceptors (Lipinski definition) is 6. The number of rotatable bonds is 7. The number of methoxy groups -OCH3 is 1. The van der Waals surface area contributed by atoms with Gasteiger partial charge in [-0.3, -0.25) is 0 Å². The first kappa shape index (κ1) is 13.1. The van der Waals surface area contributed by atoms with Crippen molar-refractivity contribution in [1.82, 2.24) is 10.1 Å². The topological polar surface area (TPSA) is 83.4 Å². The number of ether oxygens (including phenoxy) is 2. The highest BCUT2D eigenvalue weighted by Crippen LogP contribution is 2.15. The SMILES string of the molecule is CCCOCC(N)c1noc(C(C)OC)n1. The lowest BCUT2D eigenvalue weighted by molar-refractivity contribution is 0.0885. The van der Waals surface area contributed by atoms with Crippen molar-refractivity contribution in [2.24, 2.45) is 5.73 Å². The second kappa shape index (κ2) is 6.57. The van der Waals surface area contributed by atoms with Gasteiger partial charge in [0, 0.05) is 13.7 Å². The lowest BCUT2D eigenvalue weighted by atomic mass is 10.3. The van der Waals surface area contributed by atoms with Gasteiger partial charge in [-0.25, -0.2) is 0 Å². The monoisotopic (exact) mass is 229 g/mol. The molecule has 0 bridgehead atoms. The lowest BCUT2D eigenvalue weighted by Crippen LogP contribution is -2.19. The zero-order valence-electron chi connectivity index (χ0n) is 9.97. The summed E-state index contributed by atoms with van der Waals surface area (Å²) < 4.78 is 15.4. The van der Waals surface area contributed by atoms with Gasteiger partial charge in [0.2, 0.25) is 0 Å². The van der Waals surface area contributed by atoms with Crippen molar-refractivity contribution in [3.8, 4) is 0 Å². The summed E-state index contributed by atoms with van der Waals surface area (Å²) in [6, 6.07) is -0.354. The highest BCUT2D eigenvalue weighted by molar-refractivity contribution is 4.94. The molecule has 0 spiro atoms. The molecule has 0 fully saturated rings. The maximum absolute atomic E-state index is 5.84. The van der Waals surface area contributed by atoms with E-state index in [4.69, 9.17) is 19.7 Å². The maximum atomic E-state index is 5.84. The third kappa shape index (κ3) is 3.55. The third-order valence-corrected chi connectivity index (χ3v) is 2.14. The Bertz CT molecular complexity index is 303. The minimum atomic E-state index is -0.354. The molecular formula is C10H19N3O3. The van der Waals surface area contributed by atoms with Crippen LogP contribution in [0.15, 0.2) is 4.52 Å². The van der Waals surface area contributed by atoms with Gasteiger partial charge < -0.3 is 19.7 Å². The molecule has 0 aliphatic rings. The first-order chi connectivity index (χ1) is 7.69. The fourth-order valence-electron chi connectivity index (χ4n) is 1.09. The van der Waals surface area contributed by atoms with Crippen LogP contribution in [0.25, 0.3) is 0 Å². The van der Waals surface area contributed by atoms with Gasteiger partial charge >= 0.3 is 0 Å². The first-order valence-corrected chi connectivity index (χ1v) is 5.38. The predicted octanol–water partition coefficient (Wildman–Crippen LogP) is 1.20. The lowest BCUT2D eigenvalue weighted by Gasteiger charge is -2.06. The van der Waals surface area contributed by atoms with Crippen molar-refractivity contribution in [3.05, 3.63) is 11.7 Å². The van der Waals surface area contributed by atoms with Crippen LogP contribution >= 0.6 is 0 Å². The summed E-state index contributed by atoms with van der Waals surface area (Å²) in [7, 11) is 1.58. The highest BCUT2D eigenvalue weighted by Gasteiger charge is 2.17. The van der Waals surface area contributed by atoms with Crippen molar-refractivity contribution < 1.29 is 14.0 Å². The normalized spacial score (nSPS) is 15.0. The molecule has 0 aliphatic carbocycles. The molecule has 0 aliphatic heterocycles. The molecule has 1 heterocycles. The Hall–Kier alpha value is -0.980. The molecule has 0 aromatic carbocycles. The van der Waals surface area contributed by atoms with Gasteiger partial charge in [-0.05, 0) is 13.3 Å². The zero-order chi connectivity index (χ0) is 12.0. The highest BCUT2D eigenvalue weighted by atomic mass is 16.5. The van der Waals surface area contributed by atoms with Crippen LogP contribution in [0.3, 0.4) is 0 Å². The second-order valence-corrected chi connectivity index (χ2v) is 3.55. The van der Waals surface area contributed by atoms with E-state index in [9.17, 15) is 0 Å². The van der Waals surface area contributed by atoms with Crippen LogP contribution in [0.1, 0.15) is 44.1 Å². The standard InChI is InChI=1S/C10H19N3O3/c1-4-5-15-6-8(11)9-12-10(16-13-9)7(2)14-3/h7-8H,4-6,11H2,1-3H3. The van der Waals surface area contributed by atoms with Gasteiger partial charge in [0.05, 0.1) is 12.6 Å². The van der Waals surface area contributed by atoms with E-state index in [0.717, 1.165) is 6.42 Å². The van der Waals surface area contributed by atoms with Crippen molar-refractivity contribution in [1.29, 1.82) is 0 Å². The van der Waals surface area contributed by atoms with Crippen molar-refractivity contribution in [2.45, 2.75) is 32.4 Å². The number of aromatic nitrogens is 2. The predicted molar refractivity (Wildman–Crippen MR) is 57.8 cm³/mol. The van der Waals surface area contributed by atoms with Crippen LogP contribution in [-0.4, -0.2) is 30.5 Å². The molecule has 2 atom stereocenters. The maximum Gasteiger partial charge on any atom is 0.255 e. The van der Waals surface area contributed by atoms with Gasteiger partial charge in [0.15, 0.2) is 5.82 Å². The molecule has 0 saturated heterocycles. The summed E-state index contributed by atoms with van der Waals surface area (Å²) in [6.45, 7) is 4.95. The molecule has 0 amide bonds. The molecule has 6 heteroatoms. The fourth-order valence-corrected chi connectivity index (χ4v) is 1.09. The Morgan fingerprint density at radius 1 is 1.50 bits per heavy atom. The number of nitrogens with two attached hydrogens (primary N) is 1. The van der Waals surface area contributed by atoms with Gasteiger partial charge in [-0.15, -0.1) is 0 Å². The minimum absolute atomic E-state index is 0.218. The zero-order valence-corrected chi connectivity index (χ0v) is 9.97. The average molecular weight is 229 g/mol. The Labute approximate surface area is 95.1 Å². The van der Waals surface area contributed by atoms with Crippen LogP contribution < -0.4 is 5.73 Å². The molecule has 16 heavy (non-hydrogen) atoms. The van der Waals surface area contributed by atoms with E-state index in [1.54, 1.807) is 7.11 Å². The van der Waals surface area contributed by atoms with E-state index in [-0.39, 0.29) is 12.1 Å². The summed E-state index contributed by atoms with van der Waals surface area (Å²) in [6.07, 6.45) is 0.746. The number of nitrogens with zero attached hydrogens (tertiary/aromatic N) is 2. The molecule has 1 rings (SSSR count). The van der Waals surface area contributed by atoms with E-state index in [1.807, 2.05) is 13.8 Å². The molecule has 6 nitrogen and oxygen atoms in total. The second-order valence-electron chi connectivity index (χ2n) is 3.55. The van der Waals surface area contributed by atoms with E-state index >= 15 is 0 Å². The molecule has 1 aromatic heterocycles. The summed E-state index contributed by atoms with van der Waals surface area (Å²) in [4.78, 5) is 4.15. The molecule has 0 saturated carbocycles. The molecule has 2 unspecified atom stereocenters. The third-order valence-electron chi connectivity index (χ3n) is 2.14. The van der Waals surface area contributed by atoms with Crippen LogP contribution in [0.5, 0.6) is 0 Å².